The van der Waals surface area contributed by atoms with Crippen LogP contribution in [0.5, 0.6) is 11.5 Å². The number of H-pyrrole nitrogens is 1. The summed E-state index contributed by atoms with van der Waals surface area (Å²) in [6, 6.07) is 13.7. The van der Waals surface area contributed by atoms with Gasteiger partial charge in [0.25, 0.3) is 0 Å². The zero-order valence-corrected chi connectivity index (χ0v) is 17.6. The second-order valence-electron chi connectivity index (χ2n) is 6.76. The molecule has 0 unspecified atom stereocenters. The van der Waals surface area contributed by atoms with Crippen molar-refractivity contribution in [3.8, 4) is 22.9 Å². The van der Waals surface area contributed by atoms with E-state index in [0.717, 1.165) is 11.3 Å². The summed E-state index contributed by atoms with van der Waals surface area (Å²) in [5, 5.41) is 12.3. The van der Waals surface area contributed by atoms with Crippen LogP contribution in [0.1, 0.15) is 11.1 Å². The van der Waals surface area contributed by atoms with Crippen molar-refractivity contribution in [2.75, 3.05) is 17.3 Å². The molecule has 0 aliphatic heterocycles. The Hall–Kier alpha value is -3.59. The standard InChI is InChI=1S/C21H21N7OS/c1-12-8-13(2)10-15(9-12)24-20-26-19(27-28-20)14-4-6-16(7-5-14)29-17-11-23-21(30-3)25-18(17)22/h4-11H,1-3H3,(H2,22,23,25)(H2,24,26,27,28). The lowest BCUT2D eigenvalue weighted by atomic mass is 10.1. The van der Waals surface area contributed by atoms with E-state index in [1.165, 1.54) is 22.9 Å². The lowest BCUT2D eigenvalue weighted by Crippen LogP contribution is -1.98. The van der Waals surface area contributed by atoms with E-state index < -0.39 is 0 Å². The van der Waals surface area contributed by atoms with Crippen molar-refractivity contribution in [1.82, 2.24) is 25.1 Å². The summed E-state index contributed by atoms with van der Waals surface area (Å²) in [5.74, 6) is 2.57. The monoisotopic (exact) mass is 419 g/mol. The number of thioether (sulfide) groups is 1. The van der Waals surface area contributed by atoms with Gasteiger partial charge in [0.2, 0.25) is 5.95 Å². The van der Waals surface area contributed by atoms with Gasteiger partial charge in [-0.15, -0.1) is 10.2 Å². The second-order valence-corrected chi connectivity index (χ2v) is 7.53. The minimum absolute atomic E-state index is 0.302. The van der Waals surface area contributed by atoms with Crippen molar-refractivity contribution in [2.45, 2.75) is 19.0 Å². The fourth-order valence-corrected chi connectivity index (χ4v) is 3.33. The maximum absolute atomic E-state index is 5.93. The summed E-state index contributed by atoms with van der Waals surface area (Å²) in [6.45, 7) is 4.12. The zero-order chi connectivity index (χ0) is 21.1. The van der Waals surface area contributed by atoms with Gasteiger partial charge >= 0.3 is 0 Å². The van der Waals surface area contributed by atoms with E-state index in [0.29, 0.717) is 34.2 Å². The number of aryl methyl sites for hydroxylation is 2. The molecular weight excluding hydrogens is 398 g/mol. The molecule has 0 fully saturated rings. The van der Waals surface area contributed by atoms with Crippen LogP contribution >= 0.6 is 11.8 Å². The topological polar surface area (TPSA) is 115 Å². The number of benzene rings is 2. The zero-order valence-electron chi connectivity index (χ0n) is 16.8. The third kappa shape index (κ3) is 4.52. The Morgan fingerprint density at radius 1 is 1.03 bits per heavy atom. The molecule has 0 aliphatic rings. The number of hydrogen-bond donors (Lipinski definition) is 3. The van der Waals surface area contributed by atoms with E-state index in [1.807, 2.05) is 30.5 Å². The predicted octanol–water partition coefficient (Wildman–Crippen LogP) is 4.72. The molecule has 30 heavy (non-hydrogen) atoms. The molecule has 2 aromatic carbocycles. The molecule has 0 saturated heterocycles. The molecule has 152 valence electrons. The molecule has 0 amide bonds. The van der Waals surface area contributed by atoms with E-state index in [1.54, 1.807) is 6.20 Å². The van der Waals surface area contributed by atoms with Gasteiger partial charge in [-0.2, -0.15) is 0 Å². The predicted molar refractivity (Wildman–Crippen MR) is 119 cm³/mol. The number of nitrogens with zero attached hydrogens (tertiary/aromatic N) is 4. The quantitative estimate of drug-likeness (QED) is 0.304. The highest BCUT2D eigenvalue weighted by Crippen LogP contribution is 2.28. The number of nitrogens with one attached hydrogen (secondary N) is 2. The molecule has 0 spiro atoms. The summed E-state index contributed by atoms with van der Waals surface area (Å²) in [5.41, 5.74) is 10.1. The fourth-order valence-electron chi connectivity index (χ4n) is 2.98. The van der Waals surface area contributed by atoms with Gasteiger partial charge in [-0.05, 0) is 67.6 Å². The molecule has 2 aromatic heterocycles. The first-order valence-electron chi connectivity index (χ1n) is 9.23. The van der Waals surface area contributed by atoms with Gasteiger partial charge in [-0.3, -0.25) is 0 Å². The van der Waals surface area contributed by atoms with Crippen LogP contribution in [0.25, 0.3) is 11.4 Å². The molecule has 0 aliphatic carbocycles. The maximum Gasteiger partial charge on any atom is 0.226 e. The van der Waals surface area contributed by atoms with E-state index in [9.17, 15) is 0 Å². The molecule has 8 nitrogen and oxygen atoms in total. The number of aromatic amines is 1. The fraction of sp³-hybridized carbons (Fsp3) is 0.143. The molecule has 0 atom stereocenters. The van der Waals surface area contributed by atoms with Crippen LogP contribution in [-0.4, -0.2) is 31.4 Å². The largest absolute Gasteiger partial charge is 0.452 e. The van der Waals surface area contributed by atoms with Crippen LogP contribution in [0, 0.1) is 13.8 Å². The number of hydrogen-bond acceptors (Lipinski definition) is 8. The summed E-state index contributed by atoms with van der Waals surface area (Å²) < 4.78 is 5.79. The van der Waals surface area contributed by atoms with Crippen molar-refractivity contribution in [1.29, 1.82) is 0 Å². The molecular formula is C21H21N7OS. The first-order chi connectivity index (χ1) is 14.5. The van der Waals surface area contributed by atoms with Crippen LogP contribution in [0.15, 0.2) is 53.8 Å². The Morgan fingerprint density at radius 3 is 2.43 bits per heavy atom. The molecule has 2 heterocycles. The van der Waals surface area contributed by atoms with Gasteiger partial charge in [0.15, 0.2) is 22.5 Å². The summed E-state index contributed by atoms with van der Waals surface area (Å²) in [4.78, 5) is 11.6. The highest BCUT2D eigenvalue weighted by atomic mass is 32.2. The SMILES string of the molecule is CSc1ncc(Oc2ccc(-c3nnc(Nc4cc(C)cc(C)c4)[nH]3)cc2)c(N)n1. The number of aromatic nitrogens is 5. The smallest absolute Gasteiger partial charge is 0.226 e. The Morgan fingerprint density at radius 2 is 1.77 bits per heavy atom. The van der Waals surface area contributed by atoms with Crippen LogP contribution in [0.2, 0.25) is 0 Å². The van der Waals surface area contributed by atoms with Crippen molar-refractivity contribution in [2.24, 2.45) is 0 Å². The van der Waals surface area contributed by atoms with Crippen LogP contribution < -0.4 is 15.8 Å². The molecule has 4 aromatic rings. The van der Waals surface area contributed by atoms with Crippen molar-refractivity contribution < 1.29 is 4.74 Å². The lowest BCUT2D eigenvalue weighted by molar-refractivity contribution is 0.478. The van der Waals surface area contributed by atoms with E-state index in [-0.39, 0.29) is 0 Å². The normalized spacial score (nSPS) is 10.8. The second kappa shape index (κ2) is 8.42. The molecule has 0 saturated carbocycles. The van der Waals surface area contributed by atoms with E-state index in [4.69, 9.17) is 10.5 Å². The average molecular weight is 420 g/mol. The first-order valence-corrected chi connectivity index (χ1v) is 10.5. The highest BCUT2D eigenvalue weighted by Gasteiger charge is 2.09. The van der Waals surface area contributed by atoms with Crippen molar-refractivity contribution in [3.05, 3.63) is 59.8 Å². The summed E-state index contributed by atoms with van der Waals surface area (Å²) >= 11 is 1.42. The highest BCUT2D eigenvalue weighted by molar-refractivity contribution is 7.98. The van der Waals surface area contributed by atoms with Gasteiger partial charge in [0.1, 0.15) is 5.75 Å². The molecule has 4 N–H and O–H groups in total. The Bertz CT molecular complexity index is 1150. The number of anilines is 3. The van der Waals surface area contributed by atoms with Gasteiger partial charge < -0.3 is 20.8 Å². The van der Waals surface area contributed by atoms with Crippen LogP contribution in [0.4, 0.5) is 17.5 Å². The molecule has 0 radical (unpaired) electrons. The van der Waals surface area contributed by atoms with E-state index in [2.05, 4.69) is 62.5 Å². The molecule has 9 heteroatoms. The summed E-state index contributed by atoms with van der Waals surface area (Å²) in [6.07, 6.45) is 3.46. The van der Waals surface area contributed by atoms with Gasteiger partial charge in [0.05, 0.1) is 6.20 Å². The number of nitrogens with two attached hydrogens (primary N) is 1. The van der Waals surface area contributed by atoms with Gasteiger partial charge in [-0.25, -0.2) is 9.97 Å². The van der Waals surface area contributed by atoms with Gasteiger partial charge in [0, 0.05) is 11.3 Å². The van der Waals surface area contributed by atoms with Crippen molar-refractivity contribution >= 4 is 29.2 Å². The Kier molecular flexibility index (Phi) is 5.53. The Labute approximate surface area is 178 Å². The van der Waals surface area contributed by atoms with Crippen molar-refractivity contribution in [3.63, 3.8) is 0 Å². The average Bonchev–Trinajstić information content (AvgIpc) is 3.17. The number of ether oxygens (including phenoxy) is 1. The minimum Gasteiger partial charge on any atom is -0.452 e. The third-order valence-corrected chi connectivity index (χ3v) is 4.83. The molecule has 4 rings (SSSR count). The number of rotatable bonds is 6. The van der Waals surface area contributed by atoms with Crippen LogP contribution in [-0.2, 0) is 0 Å². The first kappa shape index (κ1) is 19.7. The minimum atomic E-state index is 0.302. The van der Waals surface area contributed by atoms with Crippen LogP contribution in [0.3, 0.4) is 0 Å². The number of nitrogen functional groups attached to an aromatic ring is 1. The van der Waals surface area contributed by atoms with Gasteiger partial charge in [-0.1, -0.05) is 17.8 Å². The molecule has 0 bridgehead atoms. The third-order valence-electron chi connectivity index (χ3n) is 4.27. The summed E-state index contributed by atoms with van der Waals surface area (Å²) in [7, 11) is 0. The maximum atomic E-state index is 5.93. The van der Waals surface area contributed by atoms with E-state index >= 15 is 0 Å². The lowest BCUT2D eigenvalue weighted by Gasteiger charge is -2.08. The Balaban J connectivity index is 1.47.